The van der Waals surface area contributed by atoms with E-state index in [1.807, 2.05) is 30.3 Å². The Labute approximate surface area is 193 Å². The van der Waals surface area contributed by atoms with Crippen molar-refractivity contribution in [3.63, 3.8) is 0 Å². The van der Waals surface area contributed by atoms with Crippen molar-refractivity contribution in [1.29, 1.82) is 0 Å². The number of quaternary nitrogens is 1. The first-order valence-electron chi connectivity index (χ1n) is 12.1. The lowest BCUT2D eigenvalue weighted by molar-refractivity contribution is -0.862. The summed E-state index contributed by atoms with van der Waals surface area (Å²) < 4.78 is 5.58. The third-order valence-electron chi connectivity index (χ3n) is 7.20. The highest BCUT2D eigenvalue weighted by atomic mass is 16.5. The predicted octanol–water partition coefficient (Wildman–Crippen LogP) is 6.10. The molecule has 32 heavy (non-hydrogen) atoms. The van der Waals surface area contributed by atoms with E-state index in [2.05, 4.69) is 33.0 Å². The van der Waals surface area contributed by atoms with Crippen molar-refractivity contribution in [1.82, 2.24) is 0 Å². The standard InChI is InChI=1S/C28H38NO3/c1-5-11-27(30)29(3,23-13-7-6-8-14-23)19-18-22-16-17-25(28(31)32-4)26(20-22)24-15-10-9-12-21(24)2/h9-10,12,15-17,20,23H,5-8,11,13-14,18-19H2,1-4H3/q+1. The molecule has 1 amide bonds. The first-order chi connectivity index (χ1) is 15.4. The molecule has 0 heterocycles. The maximum atomic E-state index is 13.2. The van der Waals surface area contributed by atoms with Crippen LogP contribution in [0.2, 0.25) is 0 Å². The Balaban J connectivity index is 1.92. The Morgan fingerprint density at radius 3 is 2.41 bits per heavy atom. The summed E-state index contributed by atoms with van der Waals surface area (Å²) in [5, 5.41) is 0. The number of hydrogen-bond acceptors (Lipinski definition) is 3. The molecule has 3 rings (SSSR count). The maximum absolute atomic E-state index is 13.2. The van der Waals surface area contributed by atoms with Gasteiger partial charge in [-0.15, -0.1) is 0 Å². The minimum absolute atomic E-state index is 0.323. The van der Waals surface area contributed by atoms with Gasteiger partial charge in [-0.3, -0.25) is 4.48 Å². The fourth-order valence-electron chi connectivity index (χ4n) is 5.13. The number of amides is 1. The highest BCUT2D eigenvalue weighted by molar-refractivity contribution is 5.97. The van der Waals surface area contributed by atoms with Crippen LogP contribution in [-0.4, -0.2) is 43.1 Å². The number of aryl methyl sites for hydroxylation is 1. The highest BCUT2D eigenvalue weighted by Gasteiger charge is 2.39. The largest absolute Gasteiger partial charge is 0.465 e. The van der Waals surface area contributed by atoms with Crippen LogP contribution >= 0.6 is 0 Å². The number of methoxy groups -OCH3 is 1. The van der Waals surface area contributed by atoms with Gasteiger partial charge in [-0.05, 0) is 67.3 Å². The highest BCUT2D eigenvalue weighted by Crippen LogP contribution is 2.31. The van der Waals surface area contributed by atoms with Crippen LogP contribution in [0.15, 0.2) is 42.5 Å². The lowest BCUT2D eigenvalue weighted by Gasteiger charge is -2.41. The van der Waals surface area contributed by atoms with E-state index in [0.29, 0.717) is 28.4 Å². The number of benzene rings is 2. The normalized spacial score (nSPS) is 16.4. The van der Waals surface area contributed by atoms with Gasteiger partial charge in [0.25, 0.3) is 0 Å². The molecule has 1 aliphatic rings. The van der Waals surface area contributed by atoms with Crippen LogP contribution in [0.25, 0.3) is 11.1 Å². The molecule has 2 aromatic carbocycles. The molecule has 1 atom stereocenters. The van der Waals surface area contributed by atoms with Crippen LogP contribution in [0.5, 0.6) is 0 Å². The zero-order chi connectivity index (χ0) is 23.1. The zero-order valence-electron chi connectivity index (χ0n) is 20.2. The Bertz CT molecular complexity index is 945. The number of likely N-dealkylation sites (N-methyl/N-ethyl adjacent to an activating group) is 1. The molecule has 0 aromatic heterocycles. The van der Waals surface area contributed by atoms with E-state index in [-0.39, 0.29) is 5.97 Å². The molecule has 4 heteroatoms. The van der Waals surface area contributed by atoms with Crippen LogP contribution < -0.4 is 0 Å². The molecule has 2 aromatic rings. The van der Waals surface area contributed by atoms with Crippen LogP contribution in [0.1, 0.15) is 73.4 Å². The minimum Gasteiger partial charge on any atom is -0.465 e. The van der Waals surface area contributed by atoms with Gasteiger partial charge < -0.3 is 4.74 Å². The molecule has 0 radical (unpaired) electrons. The summed E-state index contributed by atoms with van der Waals surface area (Å²) in [7, 11) is 3.57. The zero-order valence-corrected chi connectivity index (χ0v) is 20.2. The number of rotatable bonds is 8. The number of hydrogen-bond donors (Lipinski definition) is 0. The lowest BCUT2D eigenvalue weighted by Crippen LogP contribution is -2.57. The van der Waals surface area contributed by atoms with E-state index >= 15 is 0 Å². The van der Waals surface area contributed by atoms with E-state index in [0.717, 1.165) is 54.5 Å². The van der Waals surface area contributed by atoms with Crippen molar-refractivity contribution in [3.8, 4) is 11.1 Å². The Kier molecular flexibility index (Phi) is 8.25. The Morgan fingerprint density at radius 2 is 1.75 bits per heavy atom. The minimum atomic E-state index is -0.323. The van der Waals surface area contributed by atoms with Crippen molar-refractivity contribution in [2.45, 2.75) is 71.3 Å². The number of carbonyl (C=O) groups excluding carboxylic acids is 2. The molecule has 0 N–H and O–H groups in total. The van der Waals surface area contributed by atoms with Crippen LogP contribution in [0.4, 0.5) is 0 Å². The van der Waals surface area contributed by atoms with Gasteiger partial charge in [0.2, 0.25) is 0 Å². The summed E-state index contributed by atoms with van der Waals surface area (Å²) in [5.41, 5.74) is 4.80. The molecule has 1 unspecified atom stereocenters. The van der Waals surface area contributed by atoms with E-state index in [4.69, 9.17) is 4.74 Å². The molecule has 1 saturated carbocycles. The van der Waals surface area contributed by atoms with Crippen LogP contribution in [0, 0.1) is 6.92 Å². The second kappa shape index (κ2) is 10.9. The predicted molar refractivity (Wildman–Crippen MR) is 129 cm³/mol. The summed E-state index contributed by atoms with van der Waals surface area (Å²) in [5.74, 6) is 0.0421. The van der Waals surface area contributed by atoms with Crippen molar-refractivity contribution in [3.05, 3.63) is 59.2 Å². The lowest BCUT2D eigenvalue weighted by atomic mass is 9.91. The summed E-state index contributed by atoms with van der Waals surface area (Å²) in [6, 6.07) is 14.5. The Morgan fingerprint density at radius 1 is 1.03 bits per heavy atom. The third-order valence-corrected chi connectivity index (χ3v) is 7.20. The molecule has 172 valence electrons. The first kappa shape index (κ1) is 24.2. The molecular weight excluding hydrogens is 398 g/mol. The maximum Gasteiger partial charge on any atom is 0.338 e. The third kappa shape index (κ3) is 5.29. The molecule has 0 bridgehead atoms. The summed E-state index contributed by atoms with van der Waals surface area (Å²) in [6.07, 6.45) is 8.36. The Hall–Kier alpha value is -2.46. The average Bonchev–Trinajstić information content (AvgIpc) is 2.83. The van der Waals surface area contributed by atoms with Gasteiger partial charge in [0, 0.05) is 6.42 Å². The van der Waals surface area contributed by atoms with Gasteiger partial charge in [-0.1, -0.05) is 49.7 Å². The number of ether oxygens (including phenoxy) is 1. The molecule has 0 spiro atoms. The van der Waals surface area contributed by atoms with E-state index < -0.39 is 0 Å². The fraction of sp³-hybridized carbons (Fsp3) is 0.500. The van der Waals surface area contributed by atoms with Crippen LogP contribution in [-0.2, 0) is 16.0 Å². The summed E-state index contributed by atoms with van der Waals surface area (Å²) in [6.45, 7) is 4.95. The summed E-state index contributed by atoms with van der Waals surface area (Å²) in [4.78, 5) is 25.7. The SMILES string of the molecule is CCCC(=O)[N+](C)(CCc1ccc(C(=O)OC)c(-c2ccccc2C)c1)C1CCCCC1. The fourth-order valence-corrected chi connectivity index (χ4v) is 5.13. The van der Waals surface area contributed by atoms with E-state index in [9.17, 15) is 9.59 Å². The molecule has 4 nitrogen and oxygen atoms in total. The topological polar surface area (TPSA) is 43.4 Å². The molecule has 1 aliphatic carbocycles. The smallest absolute Gasteiger partial charge is 0.338 e. The second-order valence-corrected chi connectivity index (χ2v) is 9.36. The number of esters is 1. The molecular formula is C28H38NO3+. The van der Waals surface area contributed by atoms with Gasteiger partial charge in [0.1, 0.15) is 0 Å². The van der Waals surface area contributed by atoms with E-state index in [1.54, 1.807) is 0 Å². The molecule has 1 fully saturated rings. The first-order valence-corrected chi connectivity index (χ1v) is 12.1. The monoisotopic (exact) mass is 436 g/mol. The quantitative estimate of drug-likeness (QED) is 0.371. The van der Waals surface area contributed by atoms with Gasteiger partial charge in [0.05, 0.1) is 38.7 Å². The molecule has 0 saturated heterocycles. The van der Waals surface area contributed by atoms with Gasteiger partial charge in [-0.25, -0.2) is 9.59 Å². The van der Waals surface area contributed by atoms with E-state index in [1.165, 1.54) is 26.4 Å². The van der Waals surface area contributed by atoms with Gasteiger partial charge in [0.15, 0.2) is 0 Å². The summed E-state index contributed by atoms with van der Waals surface area (Å²) >= 11 is 0. The number of carbonyl (C=O) groups is 2. The van der Waals surface area contributed by atoms with Gasteiger partial charge >= 0.3 is 11.9 Å². The van der Waals surface area contributed by atoms with Crippen molar-refractivity contribution >= 4 is 11.9 Å². The number of nitrogens with zero attached hydrogens (tertiary/aromatic N) is 1. The van der Waals surface area contributed by atoms with Crippen molar-refractivity contribution in [2.24, 2.45) is 0 Å². The van der Waals surface area contributed by atoms with Crippen LogP contribution in [0.3, 0.4) is 0 Å². The van der Waals surface area contributed by atoms with Gasteiger partial charge in [-0.2, -0.15) is 0 Å². The van der Waals surface area contributed by atoms with Crippen molar-refractivity contribution < 1.29 is 18.8 Å². The average molecular weight is 437 g/mol. The second-order valence-electron chi connectivity index (χ2n) is 9.36. The van der Waals surface area contributed by atoms with Crippen molar-refractivity contribution in [2.75, 3.05) is 20.7 Å². The molecule has 0 aliphatic heterocycles.